The molecule has 0 atom stereocenters. The second-order valence-electron chi connectivity index (χ2n) is 3.89. The summed E-state index contributed by atoms with van der Waals surface area (Å²) in [6.07, 6.45) is 2.00. The van der Waals surface area contributed by atoms with Crippen molar-refractivity contribution in [1.29, 1.82) is 0 Å². The summed E-state index contributed by atoms with van der Waals surface area (Å²) < 4.78 is 14.1. The van der Waals surface area contributed by atoms with Crippen molar-refractivity contribution >= 4 is 33.4 Å². The molecule has 0 heterocycles. The molecule has 1 amide bonds. The Morgan fingerprint density at radius 2 is 2.19 bits per heavy atom. The monoisotopic (exact) mass is 305 g/mol. The fourth-order valence-electron chi connectivity index (χ4n) is 1.50. The second-order valence-corrected chi connectivity index (χ2v) is 5.15. The highest BCUT2D eigenvalue weighted by Crippen LogP contribution is 2.30. The zero-order valence-corrected chi connectivity index (χ0v) is 11.0. The fraction of sp³-hybridized carbons (Fsp3) is 0.364. The molecule has 1 aromatic carbocycles. The highest BCUT2D eigenvalue weighted by molar-refractivity contribution is 9.10. The number of halogens is 3. The average molecular weight is 307 g/mol. The Morgan fingerprint density at radius 1 is 1.56 bits per heavy atom. The van der Waals surface area contributed by atoms with Crippen LogP contribution in [0, 0.1) is 5.82 Å². The molecule has 86 valence electrons. The maximum Gasteiger partial charge on any atom is 0.256 e. The number of hydrogen-bond acceptors (Lipinski definition) is 1. The van der Waals surface area contributed by atoms with E-state index in [0.717, 1.165) is 18.9 Å². The van der Waals surface area contributed by atoms with Crippen molar-refractivity contribution in [2.24, 2.45) is 0 Å². The molecule has 0 N–H and O–H groups in total. The van der Waals surface area contributed by atoms with Crippen LogP contribution in [0.1, 0.15) is 23.2 Å². The van der Waals surface area contributed by atoms with E-state index < -0.39 is 5.82 Å². The predicted octanol–water partition coefficient (Wildman–Crippen LogP) is 3.48. The van der Waals surface area contributed by atoms with Gasteiger partial charge in [0.05, 0.1) is 10.6 Å². The summed E-state index contributed by atoms with van der Waals surface area (Å²) in [6, 6.07) is 2.85. The van der Waals surface area contributed by atoms with E-state index in [0.29, 0.717) is 4.47 Å². The zero-order chi connectivity index (χ0) is 11.9. The molecule has 2 nitrogen and oxygen atoms in total. The molecule has 1 aliphatic carbocycles. The highest BCUT2D eigenvalue weighted by atomic mass is 79.9. The van der Waals surface area contributed by atoms with E-state index in [1.807, 2.05) is 0 Å². The predicted molar refractivity (Wildman–Crippen MR) is 64.2 cm³/mol. The van der Waals surface area contributed by atoms with Crippen molar-refractivity contribution < 1.29 is 9.18 Å². The van der Waals surface area contributed by atoms with Gasteiger partial charge < -0.3 is 4.90 Å². The zero-order valence-electron chi connectivity index (χ0n) is 8.64. The van der Waals surface area contributed by atoms with Crippen molar-refractivity contribution in [3.05, 3.63) is 33.0 Å². The topological polar surface area (TPSA) is 20.3 Å². The average Bonchev–Trinajstić information content (AvgIpc) is 3.05. The van der Waals surface area contributed by atoms with Crippen LogP contribution in [-0.2, 0) is 0 Å². The van der Waals surface area contributed by atoms with Gasteiger partial charge >= 0.3 is 0 Å². The molecule has 16 heavy (non-hydrogen) atoms. The maximum absolute atomic E-state index is 13.6. The van der Waals surface area contributed by atoms with Crippen LogP contribution in [0.15, 0.2) is 16.6 Å². The number of carbonyl (C=O) groups is 1. The molecule has 1 saturated carbocycles. The van der Waals surface area contributed by atoms with E-state index in [1.165, 1.54) is 6.07 Å². The molecular formula is C11H10BrClFNO. The van der Waals surface area contributed by atoms with Gasteiger partial charge in [0.25, 0.3) is 5.91 Å². The van der Waals surface area contributed by atoms with E-state index in [2.05, 4.69) is 15.9 Å². The van der Waals surface area contributed by atoms with Gasteiger partial charge in [0, 0.05) is 17.6 Å². The van der Waals surface area contributed by atoms with Crippen molar-refractivity contribution in [1.82, 2.24) is 4.90 Å². The van der Waals surface area contributed by atoms with E-state index >= 15 is 0 Å². The molecule has 0 saturated heterocycles. The van der Waals surface area contributed by atoms with E-state index in [4.69, 9.17) is 11.6 Å². The van der Waals surface area contributed by atoms with Crippen LogP contribution in [0.3, 0.4) is 0 Å². The minimum Gasteiger partial charge on any atom is -0.339 e. The molecule has 5 heteroatoms. The van der Waals surface area contributed by atoms with Crippen molar-refractivity contribution in [3.8, 4) is 0 Å². The molecule has 0 bridgehead atoms. The summed E-state index contributed by atoms with van der Waals surface area (Å²) in [4.78, 5) is 13.5. The van der Waals surface area contributed by atoms with Crippen molar-refractivity contribution in [2.45, 2.75) is 18.9 Å². The molecular weight excluding hydrogens is 296 g/mol. The summed E-state index contributed by atoms with van der Waals surface area (Å²) in [5.74, 6) is -0.872. The van der Waals surface area contributed by atoms with E-state index in [1.54, 1.807) is 11.9 Å². The van der Waals surface area contributed by atoms with Gasteiger partial charge in [0.1, 0.15) is 5.82 Å². The molecule has 0 radical (unpaired) electrons. The molecule has 1 aromatic rings. The first kappa shape index (κ1) is 11.9. The SMILES string of the molecule is CN(C(=O)c1cc(Br)c(Cl)cc1F)C1CC1. The summed E-state index contributed by atoms with van der Waals surface area (Å²) in [5.41, 5.74) is 0.0608. The van der Waals surface area contributed by atoms with Crippen LogP contribution in [0.2, 0.25) is 5.02 Å². The lowest BCUT2D eigenvalue weighted by Crippen LogP contribution is -2.29. The molecule has 0 spiro atoms. The van der Waals surface area contributed by atoms with E-state index in [9.17, 15) is 9.18 Å². The molecule has 0 unspecified atom stereocenters. The van der Waals surface area contributed by atoms with Crippen LogP contribution in [0.4, 0.5) is 4.39 Å². The second kappa shape index (κ2) is 4.34. The Hall–Kier alpha value is -0.610. The Labute approximate surface area is 107 Å². The third-order valence-corrected chi connectivity index (χ3v) is 3.85. The molecule has 2 rings (SSSR count). The number of hydrogen-bond donors (Lipinski definition) is 0. The minimum absolute atomic E-state index is 0.0608. The lowest BCUT2D eigenvalue weighted by atomic mass is 10.2. The number of benzene rings is 1. The smallest absolute Gasteiger partial charge is 0.256 e. The molecule has 1 aliphatic rings. The van der Waals surface area contributed by atoms with Gasteiger partial charge in [-0.1, -0.05) is 11.6 Å². The number of amides is 1. The number of rotatable bonds is 2. The third kappa shape index (κ3) is 2.23. The van der Waals surface area contributed by atoms with Gasteiger partial charge in [-0.15, -0.1) is 0 Å². The quantitative estimate of drug-likeness (QED) is 0.766. The largest absolute Gasteiger partial charge is 0.339 e. The van der Waals surface area contributed by atoms with Crippen LogP contribution >= 0.6 is 27.5 Å². The summed E-state index contributed by atoms with van der Waals surface area (Å²) in [6.45, 7) is 0. The van der Waals surface area contributed by atoms with Crippen LogP contribution in [0.5, 0.6) is 0 Å². The Kier molecular flexibility index (Phi) is 3.22. The minimum atomic E-state index is -0.578. The summed E-state index contributed by atoms with van der Waals surface area (Å²) >= 11 is 8.91. The first-order valence-electron chi connectivity index (χ1n) is 4.92. The number of carbonyl (C=O) groups excluding carboxylic acids is 1. The summed E-state index contributed by atoms with van der Waals surface area (Å²) in [5, 5.41) is 0.267. The van der Waals surface area contributed by atoms with Crippen LogP contribution in [0.25, 0.3) is 0 Å². The normalized spacial score (nSPS) is 15.0. The van der Waals surface area contributed by atoms with Crippen molar-refractivity contribution in [2.75, 3.05) is 7.05 Å². The third-order valence-electron chi connectivity index (χ3n) is 2.66. The fourth-order valence-corrected chi connectivity index (χ4v) is 2.00. The highest BCUT2D eigenvalue weighted by Gasteiger charge is 2.31. The first-order valence-corrected chi connectivity index (χ1v) is 6.09. The van der Waals surface area contributed by atoms with E-state index in [-0.39, 0.29) is 22.5 Å². The lowest BCUT2D eigenvalue weighted by Gasteiger charge is -2.16. The summed E-state index contributed by atoms with van der Waals surface area (Å²) in [7, 11) is 1.70. The van der Waals surface area contributed by atoms with Crippen LogP contribution in [-0.4, -0.2) is 23.9 Å². The maximum atomic E-state index is 13.6. The van der Waals surface area contributed by atoms with Crippen LogP contribution < -0.4 is 0 Å². The number of nitrogens with zero attached hydrogens (tertiary/aromatic N) is 1. The Bertz CT molecular complexity index is 448. The lowest BCUT2D eigenvalue weighted by molar-refractivity contribution is 0.0780. The standard InChI is InChI=1S/C11H10BrClFNO/c1-15(6-2-3-6)11(16)7-4-8(12)9(13)5-10(7)14/h4-6H,2-3H2,1H3. The van der Waals surface area contributed by atoms with Gasteiger partial charge in [0.2, 0.25) is 0 Å². The first-order chi connectivity index (χ1) is 7.50. The van der Waals surface area contributed by atoms with Gasteiger partial charge in [-0.05, 0) is 40.9 Å². The molecule has 1 fully saturated rings. The van der Waals surface area contributed by atoms with Gasteiger partial charge in [-0.2, -0.15) is 0 Å². The Morgan fingerprint density at radius 3 is 2.75 bits per heavy atom. The molecule has 0 aliphatic heterocycles. The van der Waals surface area contributed by atoms with Crippen molar-refractivity contribution in [3.63, 3.8) is 0 Å². The van der Waals surface area contributed by atoms with Gasteiger partial charge in [0.15, 0.2) is 0 Å². The van der Waals surface area contributed by atoms with Gasteiger partial charge in [-0.3, -0.25) is 4.79 Å². The Balaban J connectivity index is 2.32. The van der Waals surface area contributed by atoms with Gasteiger partial charge in [-0.25, -0.2) is 4.39 Å². The molecule has 0 aromatic heterocycles.